The number of halogens is 1. The lowest BCUT2D eigenvalue weighted by Crippen LogP contribution is -2.48. The Kier molecular flexibility index (Phi) is 4.73. The first-order chi connectivity index (χ1) is 11.9. The van der Waals surface area contributed by atoms with Crippen LogP contribution in [-0.2, 0) is 10.0 Å². The Labute approximate surface area is 145 Å². The number of carboxylic acid groups (broad SMARTS) is 1. The van der Waals surface area contributed by atoms with Crippen molar-refractivity contribution in [2.75, 3.05) is 31.1 Å². The molecular weight excluding hydrogens is 347 g/mol. The molecule has 0 bridgehead atoms. The molecule has 1 saturated heterocycles. The number of nitrogens with zero attached hydrogens (tertiary/aromatic N) is 2. The van der Waals surface area contributed by atoms with Crippen LogP contribution in [0.15, 0.2) is 53.4 Å². The number of carbonyl (C=O) groups is 1. The van der Waals surface area contributed by atoms with Crippen LogP contribution in [0.25, 0.3) is 0 Å². The van der Waals surface area contributed by atoms with Crippen molar-refractivity contribution >= 4 is 21.7 Å². The minimum atomic E-state index is -4.09. The molecule has 25 heavy (non-hydrogen) atoms. The number of sulfonamides is 1. The lowest BCUT2D eigenvalue weighted by atomic mass is 10.2. The Morgan fingerprint density at radius 1 is 1.00 bits per heavy atom. The van der Waals surface area contributed by atoms with Crippen molar-refractivity contribution in [3.8, 4) is 0 Å². The van der Waals surface area contributed by atoms with E-state index in [1.165, 1.54) is 4.31 Å². The van der Waals surface area contributed by atoms with E-state index in [1.54, 1.807) is 0 Å². The smallest absolute Gasteiger partial charge is 0.335 e. The van der Waals surface area contributed by atoms with Crippen LogP contribution < -0.4 is 4.90 Å². The number of hydrogen-bond acceptors (Lipinski definition) is 4. The Hall–Kier alpha value is -2.45. The van der Waals surface area contributed by atoms with Crippen LogP contribution >= 0.6 is 0 Å². The van der Waals surface area contributed by atoms with Crippen LogP contribution in [0, 0.1) is 5.82 Å². The van der Waals surface area contributed by atoms with E-state index < -0.39 is 26.7 Å². The van der Waals surface area contributed by atoms with Gasteiger partial charge in [0.1, 0.15) is 10.7 Å². The van der Waals surface area contributed by atoms with Crippen molar-refractivity contribution in [2.24, 2.45) is 0 Å². The summed E-state index contributed by atoms with van der Waals surface area (Å²) in [7, 11) is -4.09. The molecule has 0 radical (unpaired) electrons. The first-order valence-corrected chi connectivity index (χ1v) is 9.16. The third-order valence-corrected chi connectivity index (χ3v) is 6.07. The van der Waals surface area contributed by atoms with Gasteiger partial charge in [0.2, 0.25) is 10.0 Å². The molecule has 1 heterocycles. The summed E-state index contributed by atoms with van der Waals surface area (Å²) in [4.78, 5) is 12.5. The van der Waals surface area contributed by atoms with Crippen LogP contribution in [0.3, 0.4) is 0 Å². The summed E-state index contributed by atoms with van der Waals surface area (Å²) >= 11 is 0. The summed E-state index contributed by atoms with van der Waals surface area (Å²) in [5, 5.41) is 9.00. The van der Waals surface area contributed by atoms with E-state index in [0.717, 1.165) is 23.9 Å². The second-order valence-corrected chi connectivity index (χ2v) is 7.58. The average Bonchev–Trinajstić information content (AvgIpc) is 2.62. The zero-order valence-electron chi connectivity index (χ0n) is 13.3. The molecule has 0 aliphatic carbocycles. The van der Waals surface area contributed by atoms with Gasteiger partial charge in [-0.05, 0) is 30.3 Å². The van der Waals surface area contributed by atoms with Gasteiger partial charge in [-0.1, -0.05) is 18.2 Å². The third-order valence-electron chi connectivity index (χ3n) is 4.16. The quantitative estimate of drug-likeness (QED) is 0.898. The number of benzene rings is 2. The molecule has 0 unspecified atom stereocenters. The number of hydrogen-bond donors (Lipinski definition) is 1. The SMILES string of the molecule is O=C(O)c1ccc(F)c(S(=O)(=O)N2CCN(c3ccccc3)CC2)c1. The van der Waals surface area contributed by atoms with Crippen molar-refractivity contribution in [1.29, 1.82) is 0 Å². The maximum Gasteiger partial charge on any atom is 0.335 e. The molecule has 0 saturated carbocycles. The summed E-state index contributed by atoms with van der Waals surface area (Å²) in [6.07, 6.45) is 0. The summed E-state index contributed by atoms with van der Waals surface area (Å²) in [6.45, 7) is 1.36. The first-order valence-electron chi connectivity index (χ1n) is 7.72. The maximum atomic E-state index is 14.0. The van der Waals surface area contributed by atoms with E-state index in [1.807, 2.05) is 30.3 Å². The van der Waals surface area contributed by atoms with Crippen LogP contribution in [0.4, 0.5) is 10.1 Å². The fourth-order valence-electron chi connectivity index (χ4n) is 2.80. The highest BCUT2D eigenvalue weighted by Gasteiger charge is 2.31. The van der Waals surface area contributed by atoms with Gasteiger partial charge in [-0.25, -0.2) is 17.6 Å². The lowest BCUT2D eigenvalue weighted by Gasteiger charge is -2.35. The molecular formula is C17H17FN2O4S. The fraction of sp³-hybridized carbons (Fsp3) is 0.235. The molecule has 0 aromatic heterocycles. The molecule has 1 fully saturated rings. The topological polar surface area (TPSA) is 77.9 Å². The molecule has 3 rings (SSSR count). The number of aromatic carboxylic acids is 1. The maximum absolute atomic E-state index is 14.0. The van der Waals surface area contributed by atoms with E-state index >= 15 is 0 Å². The molecule has 8 heteroatoms. The van der Waals surface area contributed by atoms with Gasteiger partial charge in [-0.3, -0.25) is 0 Å². The Morgan fingerprint density at radius 2 is 1.64 bits per heavy atom. The minimum absolute atomic E-state index is 0.202. The van der Waals surface area contributed by atoms with Gasteiger partial charge in [0.15, 0.2) is 0 Å². The van der Waals surface area contributed by atoms with Crippen molar-refractivity contribution in [3.63, 3.8) is 0 Å². The summed E-state index contributed by atoms with van der Waals surface area (Å²) < 4.78 is 40.6. The zero-order chi connectivity index (χ0) is 18.0. The summed E-state index contributed by atoms with van der Waals surface area (Å²) in [6, 6.07) is 12.4. The van der Waals surface area contributed by atoms with Crippen LogP contribution in [0.5, 0.6) is 0 Å². The predicted molar refractivity (Wildman–Crippen MR) is 90.8 cm³/mol. The van der Waals surface area contributed by atoms with Crippen LogP contribution in [0.2, 0.25) is 0 Å². The number of para-hydroxylation sites is 1. The van der Waals surface area contributed by atoms with Crippen molar-refractivity contribution < 1.29 is 22.7 Å². The second-order valence-electron chi connectivity index (χ2n) is 5.68. The molecule has 1 aliphatic heterocycles. The highest BCUT2D eigenvalue weighted by molar-refractivity contribution is 7.89. The van der Waals surface area contributed by atoms with E-state index in [2.05, 4.69) is 4.90 Å². The second kappa shape index (κ2) is 6.81. The summed E-state index contributed by atoms with van der Waals surface area (Å²) in [5.41, 5.74) is 0.737. The number of rotatable bonds is 4. The van der Waals surface area contributed by atoms with E-state index in [-0.39, 0.29) is 18.7 Å². The van der Waals surface area contributed by atoms with E-state index in [0.29, 0.717) is 13.1 Å². The highest BCUT2D eigenvalue weighted by Crippen LogP contribution is 2.24. The number of anilines is 1. The average molecular weight is 364 g/mol. The minimum Gasteiger partial charge on any atom is -0.478 e. The predicted octanol–water partition coefficient (Wildman–Crippen LogP) is 2.03. The van der Waals surface area contributed by atoms with E-state index in [9.17, 15) is 17.6 Å². The highest BCUT2D eigenvalue weighted by atomic mass is 32.2. The third kappa shape index (κ3) is 3.49. The van der Waals surface area contributed by atoms with Crippen molar-refractivity contribution in [2.45, 2.75) is 4.90 Å². The Balaban J connectivity index is 1.81. The Morgan fingerprint density at radius 3 is 2.24 bits per heavy atom. The molecule has 132 valence electrons. The largest absolute Gasteiger partial charge is 0.478 e. The molecule has 0 atom stereocenters. The monoisotopic (exact) mass is 364 g/mol. The molecule has 0 spiro atoms. The normalized spacial score (nSPS) is 16.0. The number of piperazine rings is 1. The molecule has 6 nitrogen and oxygen atoms in total. The zero-order valence-corrected chi connectivity index (χ0v) is 14.1. The molecule has 2 aromatic rings. The molecule has 2 aromatic carbocycles. The first kappa shape index (κ1) is 17.4. The lowest BCUT2D eigenvalue weighted by molar-refractivity contribution is 0.0696. The molecule has 0 amide bonds. The van der Waals surface area contributed by atoms with E-state index in [4.69, 9.17) is 5.11 Å². The van der Waals surface area contributed by atoms with Crippen molar-refractivity contribution in [1.82, 2.24) is 4.31 Å². The van der Waals surface area contributed by atoms with Crippen LogP contribution in [-0.4, -0.2) is 50.0 Å². The van der Waals surface area contributed by atoms with Gasteiger partial charge < -0.3 is 10.0 Å². The van der Waals surface area contributed by atoms with Gasteiger partial charge in [0.05, 0.1) is 5.56 Å². The standard InChI is InChI=1S/C17H17FN2O4S/c18-15-7-6-13(17(21)22)12-16(15)25(23,24)20-10-8-19(9-11-20)14-4-2-1-3-5-14/h1-7,12H,8-11H2,(H,21,22). The van der Waals surface area contributed by atoms with Crippen molar-refractivity contribution in [3.05, 3.63) is 59.9 Å². The number of carboxylic acids is 1. The van der Waals surface area contributed by atoms with Gasteiger partial charge in [-0.2, -0.15) is 4.31 Å². The van der Waals surface area contributed by atoms with Gasteiger partial charge in [0.25, 0.3) is 0 Å². The van der Waals surface area contributed by atoms with Gasteiger partial charge >= 0.3 is 5.97 Å². The van der Waals surface area contributed by atoms with Gasteiger partial charge in [0, 0.05) is 31.9 Å². The Bertz CT molecular complexity index is 879. The molecule has 1 N–H and O–H groups in total. The van der Waals surface area contributed by atoms with Gasteiger partial charge in [-0.15, -0.1) is 0 Å². The fourth-order valence-corrected chi connectivity index (χ4v) is 4.31. The summed E-state index contributed by atoms with van der Waals surface area (Å²) in [5.74, 6) is -2.25. The van der Waals surface area contributed by atoms with Crippen LogP contribution in [0.1, 0.15) is 10.4 Å². The molecule has 1 aliphatic rings.